The van der Waals surface area contributed by atoms with Crippen molar-refractivity contribution in [1.82, 2.24) is 4.90 Å². The van der Waals surface area contributed by atoms with Crippen LogP contribution in [0.25, 0.3) is 0 Å². The number of ether oxygens (including phenoxy) is 2. The third-order valence-corrected chi connectivity index (χ3v) is 1.73. The van der Waals surface area contributed by atoms with Crippen LogP contribution < -0.4 is 0 Å². The summed E-state index contributed by atoms with van der Waals surface area (Å²) in [4.78, 5) is 23.9. The Labute approximate surface area is 96.7 Å². The second-order valence-electron chi connectivity index (χ2n) is 4.46. The van der Waals surface area contributed by atoms with E-state index in [4.69, 9.17) is 9.47 Å². The zero-order chi connectivity index (χ0) is 12.8. The lowest BCUT2D eigenvalue weighted by molar-refractivity contribution is -0.151. The SMILES string of the molecule is CCOC(=O)CN(C)C(=O)COC(C)(C)C. The van der Waals surface area contributed by atoms with Gasteiger partial charge in [-0.05, 0) is 27.7 Å². The molecule has 0 aromatic rings. The van der Waals surface area contributed by atoms with Gasteiger partial charge in [-0.2, -0.15) is 0 Å². The largest absolute Gasteiger partial charge is 0.465 e. The summed E-state index contributed by atoms with van der Waals surface area (Å²) < 4.78 is 10.0. The zero-order valence-electron chi connectivity index (χ0n) is 10.7. The van der Waals surface area contributed by atoms with Crippen molar-refractivity contribution >= 4 is 11.9 Å². The van der Waals surface area contributed by atoms with E-state index in [1.165, 1.54) is 4.90 Å². The van der Waals surface area contributed by atoms with Gasteiger partial charge >= 0.3 is 5.97 Å². The fourth-order valence-electron chi connectivity index (χ4n) is 0.877. The average Bonchev–Trinajstić information content (AvgIpc) is 2.13. The minimum atomic E-state index is -0.408. The maximum Gasteiger partial charge on any atom is 0.325 e. The maximum atomic E-state index is 11.5. The minimum absolute atomic E-state index is 0.0284. The van der Waals surface area contributed by atoms with Crippen LogP contribution in [0.5, 0.6) is 0 Å². The first-order chi connectivity index (χ1) is 7.26. The van der Waals surface area contributed by atoms with Gasteiger partial charge < -0.3 is 14.4 Å². The summed E-state index contributed by atoms with van der Waals surface area (Å²) in [5, 5.41) is 0. The molecule has 5 heteroatoms. The van der Waals surface area contributed by atoms with Crippen LogP contribution in [0.4, 0.5) is 0 Å². The van der Waals surface area contributed by atoms with E-state index in [0.717, 1.165) is 0 Å². The van der Waals surface area contributed by atoms with Crippen LogP contribution in [0.2, 0.25) is 0 Å². The number of carbonyl (C=O) groups excluding carboxylic acids is 2. The summed E-state index contributed by atoms with van der Waals surface area (Å²) in [6, 6.07) is 0. The first kappa shape index (κ1) is 14.9. The quantitative estimate of drug-likeness (QED) is 0.657. The molecule has 0 aliphatic heterocycles. The Morgan fingerprint density at radius 1 is 1.25 bits per heavy atom. The molecule has 0 rings (SSSR count). The van der Waals surface area contributed by atoms with Gasteiger partial charge in [0, 0.05) is 7.05 Å². The van der Waals surface area contributed by atoms with Gasteiger partial charge in [-0.3, -0.25) is 9.59 Å². The molecule has 0 atom stereocenters. The van der Waals surface area contributed by atoms with Crippen LogP contribution >= 0.6 is 0 Å². The summed E-state index contributed by atoms with van der Waals surface area (Å²) in [5.74, 6) is -0.642. The predicted octanol–water partition coefficient (Wildman–Crippen LogP) is 0.823. The van der Waals surface area contributed by atoms with Crippen molar-refractivity contribution in [3.8, 4) is 0 Å². The molecule has 0 fully saturated rings. The smallest absolute Gasteiger partial charge is 0.325 e. The second kappa shape index (κ2) is 6.48. The van der Waals surface area contributed by atoms with Crippen LogP contribution in [-0.4, -0.2) is 49.2 Å². The number of likely N-dealkylation sites (N-methyl/N-ethyl adjacent to an activating group) is 1. The molecule has 16 heavy (non-hydrogen) atoms. The van der Waals surface area contributed by atoms with Crippen LogP contribution in [0.3, 0.4) is 0 Å². The lowest BCUT2D eigenvalue weighted by Gasteiger charge is -2.22. The molecule has 0 bridgehead atoms. The van der Waals surface area contributed by atoms with E-state index >= 15 is 0 Å². The fraction of sp³-hybridized carbons (Fsp3) is 0.818. The Hall–Kier alpha value is -1.10. The van der Waals surface area contributed by atoms with Gasteiger partial charge in [0.15, 0.2) is 0 Å². The number of hydrogen-bond acceptors (Lipinski definition) is 4. The Kier molecular flexibility index (Phi) is 6.03. The van der Waals surface area contributed by atoms with Crippen LogP contribution in [0.15, 0.2) is 0 Å². The highest BCUT2D eigenvalue weighted by molar-refractivity contribution is 5.82. The van der Waals surface area contributed by atoms with Gasteiger partial charge in [-0.1, -0.05) is 0 Å². The first-order valence-corrected chi connectivity index (χ1v) is 5.30. The van der Waals surface area contributed by atoms with Crippen molar-refractivity contribution in [2.24, 2.45) is 0 Å². The molecule has 0 aromatic carbocycles. The monoisotopic (exact) mass is 231 g/mol. The Morgan fingerprint density at radius 3 is 2.25 bits per heavy atom. The highest BCUT2D eigenvalue weighted by atomic mass is 16.5. The van der Waals surface area contributed by atoms with E-state index in [1.807, 2.05) is 20.8 Å². The molecule has 94 valence electrons. The van der Waals surface area contributed by atoms with Gasteiger partial charge in [-0.15, -0.1) is 0 Å². The standard InChI is InChI=1S/C11H21NO4/c1-6-15-10(14)7-12(5)9(13)8-16-11(2,3)4/h6-8H2,1-5H3. The lowest BCUT2D eigenvalue weighted by Crippen LogP contribution is -2.37. The summed E-state index contributed by atoms with van der Waals surface area (Å²) in [6.45, 7) is 7.57. The average molecular weight is 231 g/mol. The molecule has 0 heterocycles. The second-order valence-corrected chi connectivity index (χ2v) is 4.46. The highest BCUT2D eigenvalue weighted by Gasteiger charge is 2.17. The Bertz CT molecular complexity index is 245. The molecule has 0 aromatic heterocycles. The number of rotatable bonds is 5. The molecular formula is C11H21NO4. The number of amides is 1. The molecule has 0 saturated carbocycles. The maximum absolute atomic E-state index is 11.5. The number of carbonyl (C=O) groups is 2. The van der Waals surface area contributed by atoms with Crippen molar-refractivity contribution in [2.75, 3.05) is 26.8 Å². The number of nitrogens with zero attached hydrogens (tertiary/aromatic N) is 1. The normalized spacial score (nSPS) is 11.1. The number of hydrogen-bond donors (Lipinski definition) is 0. The van der Waals surface area contributed by atoms with Crippen molar-refractivity contribution in [2.45, 2.75) is 33.3 Å². The summed E-state index contributed by atoms with van der Waals surface area (Å²) in [7, 11) is 1.55. The highest BCUT2D eigenvalue weighted by Crippen LogP contribution is 2.06. The first-order valence-electron chi connectivity index (χ1n) is 5.30. The van der Waals surface area contributed by atoms with Crippen LogP contribution in [0, 0.1) is 0 Å². The Balaban J connectivity index is 3.95. The lowest BCUT2D eigenvalue weighted by atomic mass is 10.2. The van der Waals surface area contributed by atoms with Crippen molar-refractivity contribution in [3.05, 3.63) is 0 Å². The molecule has 0 saturated heterocycles. The van der Waals surface area contributed by atoms with E-state index in [1.54, 1.807) is 14.0 Å². The molecule has 0 aliphatic carbocycles. The Morgan fingerprint density at radius 2 is 1.81 bits per heavy atom. The van der Waals surface area contributed by atoms with Crippen molar-refractivity contribution in [1.29, 1.82) is 0 Å². The summed E-state index contributed by atoms with van der Waals surface area (Å²) in [6.07, 6.45) is 0. The molecule has 0 unspecified atom stereocenters. The van der Waals surface area contributed by atoms with Gasteiger partial charge in [0.1, 0.15) is 13.2 Å². The van der Waals surface area contributed by atoms with E-state index in [2.05, 4.69) is 0 Å². The van der Waals surface area contributed by atoms with Gasteiger partial charge in [0.05, 0.1) is 12.2 Å². The van der Waals surface area contributed by atoms with Crippen LogP contribution in [-0.2, 0) is 19.1 Å². The fourth-order valence-corrected chi connectivity index (χ4v) is 0.877. The minimum Gasteiger partial charge on any atom is -0.465 e. The molecule has 0 radical (unpaired) electrons. The van der Waals surface area contributed by atoms with E-state index in [-0.39, 0.29) is 24.7 Å². The molecule has 0 aliphatic rings. The number of esters is 1. The van der Waals surface area contributed by atoms with Gasteiger partial charge in [-0.25, -0.2) is 0 Å². The van der Waals surface area contributed by atoms with E-state index in [9.17, 15) is 9.59 Å². The van der Waals surface area contributed by atoms with E-state index < -0.39 is 5.97 Å². The van der Waals surface area contributed by atoms with Gasteiger partial charge in [0.25, 0.3) is 0 Å². The topological polar surface area (TPSA) is 55.8 Å². The molecule has 1 amide bonds. The van der Waals surface area contributed by atoms with Gasteiger partial charge in [0.2, 0.25) is 5.91 Å². The predicted molar refractivity (Wildman–Crippen MR) is 60.0 cm³/mol. The third-order valence-electron chi connectivity index (χ3n) is 1.73. The summed E-state index contributed by atoms with van der Waals surface area (Å²) in [5.41, 5.74) is -0.361. The van der Waals surface area contributed by atoms with Crippen LogP contribution in [0.1, 0.15) is 27.7 Å². The molecule has 5 nitrogen and oxygen atoms in total. The zero-order valence-corrected chi connectivity index (χ0v) is 10.7. The third kappa shape index (κ3) is 7.23. The molecular weight excluding hydrogens is 210 g/mol. The van der Waals surface area contributed by atoms with Crippen molar-refractivity contribution < 1.29 is 19.1 Å². The molecule has 0 spiro atoms. The van der Waals surface area contributed by atoms with E-state index in [0.29, 0.717) is 6.61 Å². The molecule has 0 N–H and O–H groups in total. The van der Waals surface area contributed by atoms with Crippen molar-refractivity contribution in [3.63, 3.8) is 0 Å². The summed E-state index contributed by atoms with van der Waals surface area (Å²) >= 11 is 0.